The molecule has 0 bridgehead atoms. The van der Waals surface area contributed by atoms with Gasteiger partial charge in [-0.1, -0.05) is 28.1 Å². The highest BCUT2D eigenvalue weighted by molar-refractivity contribution is 9.10. The Morgan fingerprint density at radius 3 is 2.71 bits per heavy atom. The standard InChI is InChI=1S/C16H17BrN2O2/c1-2-20-16-9-12(10-19-18)6-7-15(16)21-11-13-4-3-5-14(17)8-13/h3-10H,2,11,18H2,1H3. The number of hydrogen-bond donors (Lipinski definition) is 1. The summed E-state index contributed by atoms with van der Waals surface area (Å²) in [7, 11) is 0. The molecule has 21 heavy (non-hydrogen) atoms. The molecule has 0 saturated carbocycles. The Morgan fingerprint density at radius 2 is 2.00 bits per heavy atom. The zero-order chi connectivity index (χ0) is 15.1. The predicted octanol–water partition coefficient (Wildman–Crippen LogP) is 3.72. The Labute approximate surface area is 132 Å². The lowest BCUT2D eigenvalue weighted by atomic mass is 10.2. The average Bonchev–Trinajstić information content (AvgIpc) is 2.47. The first-order chi connectivity index (χ1) is 10.2. The third-order valence-corrected chi connectivity index (χ3v) is 3.27. The molecule has 4 nitrogen and oxygen atoms in total. The van der Waals surface area contributed by atoms with Gasteiger partial charge in [0.05, 0.1) is 12.8 Å². The molecule has 2 rings (SSSR count). The Balaban J connectivity index is 2.14. The molecule has 110 valence electrons. The van der Waals surface area contributed by atoms with Crippen molar-refractivity contribution in [1.29, 1.82) is 0 Å². The van der Waals surface area contributed by atoms with Crippen LogP contribution < -0.4 is 15.3 Å². The first-order valence-corrected chi connectivity index (χ1v) is 7.39. The highest BCUT2D eigenvalue weighted by Gasteiger charge is 2.06. The molecule has 0 fully saturated rings. The lowest BCUT2D eigenvalue weighted by molar-refractivity contribution is 0.269. The van der Waals surface area contributed by atoms with E-state index in [0.29, 0.717) is 24.7 Å². The van der Waals surface area contributed by atoms with Gasteiger partial charge in [-0.3, -0.25) is 0 Å². The summed E-state index contributed by atoms with van der Waals surface area (Å²) >= 11 is 3.45. The van der Waals surface area contributed by atoms with E-state index in [2.05, 4.69) is 21.0 Å². The van der Waals surface area contributed by atoms with Crippen molar-refractivity contribution in [3.8, 4) is 11.5 Å². The molecule has 0 aliphatic carbocycles. The van der Waals surface area contributed by atoms with Crippen LogP contribution in [0, 0.1) is 0 Å². The van der Waals surface area contributed by atoms with Crippen molar-refractivity contribution in [1.82, 2.24) is 0 Å². The quantitative estimate of drug-likeness (QED) is 0.491. The SMILES string of the molecule is CCOc1cc(C=NN)ccc1OCc1cccc(Br)c1. The zero-order valence-corrected chi connectivity index (χ0v) is 13.3. The largest absolute Gasteiger partial charge is 0.490 e. The molecule has 0 heterocycles. The summed E-state index contributed by atoms with van der Waals surface area (Å²) in [6.45, 7) is 2.97. The summed E-state index contributed by atoms with van der Waals surface area (Å²) in [5.41, 5.74) is 1.95. The summed E-state index contributed by atoms with van der Waals surface area (Å²) in [5, 5.41) is 3.51. The summed E-state index contributed by atoms with van der Waals surface area (Å²) in [6.07, 6.45) is 1.57. The number of ether oxygens (including phenoxy) is 2. The summed E-state index contributed by atoms with van der Waals surface area (Å²) < 4.78 is 12.5. The van der Waals surface area contributed by atoms with Gasteiger partial charge in [0.25, 0.3) is 0 Å². The van der Waals surface area contributed by atoms with Crippen LogP contribution in [0.3, 0.4) is 0 Å². The Morgan fingerprint density at radius 1 is 1.14 bits per heavy atom. The minimum Gasteiger partial charge on any atom is -0.490 e. The van der Waals surface area contributed by atoms with Crippen molar-refractivity contribution >= 4 is 22.1 Å². The first-order valence-electron chi connectivity index (χ1n) is 6.60. The van der Waals surface area contributed by atoms with Gasteiger partial charge in [-0.15, -0.1) is 0 Å². The lowest BCUT2D eigenvalue weighted by Gasteiger charge is -2.12. The average molecular weight is 349 g/mol. The van der Waals surface area contributed by atoms with E-state index in [9.17, 15) is 0 Å². The summed E-state index contributed by atoms with van der Waals surface area (Å²) in [5.74, 6) is 6.55. The van der Waals surface area contributed by atoms with Crippen molar-refractivity contribution in [2.75, 3.05) is 6.61 Å². The van der Waals surface area contributed by atoms with Gasteiger partial charge < -0.3 is 15.3 Å². The summed E-state index contributed by atoms with van der Waals surface area (Å²) in [4.78, 5) is 0. The second kappa shape index (κ2) is 7.69. The van der Waals surface area contributed by atoms with Gasteiger partial charge >= 0.3 is 0 Å². The van der Waals surface area contributed by atoms with Gasteiger partial charge in [0.2, 0.25) is 0 Å². The molecule has 0 saturated heterocycles. The molecule has 5 heteroatoms. The second-order valence-corrected chi connectivity index (χ2v) is 5.25. The van der Waals surface area contributed by atoms with Crippen molar-refractivity contribution < 1.29 is 9.47 Å². The highest BCUT2D eigenvalue weighted by atomic mass is 79.9. The maximum Gasteiger partial charge on any atom is 0.161 e. The van der Waals surface area contributed by atoms with Crippen LogP contribution in [-0.4, -0.2) is 12.8 Å². The van der Waals surface area contributed by atoms with Gasteiger partial charge in [-0.2, -0.15) is 5.10 Å². The number of nitrogens with two attached hydrogens (primary N) is 1. The normalized spacial score (nSPS) is 10.8. The molecule has 0 spiro atoms. The van der Waals surface area contributed by atoms with Gasteiger partial charge in [0.1, 0.15) is 6.61 Å². The van der Waals surface area contributed by atoms with Gasteiger partial charge in [0.15, 0.2) is 11.5 Å². The number of nitrogens with zero attached hydrogens (tertiary/aromatic N) is 1. The minimum absolute atomic E-state index is 0.476. The van der Waals surface area contributed by atoms with Gasteiger partial charge in [-0.25, -0.2) is 0 Å². The van der Waals surface area contributed by atoms with E-state index in [0.717, 1.165) is 15.6 Å². The van der Waals surface area contributed by atoms with Crippen LogP contribution in [0.2, 0.25) is 0 Å². The number of benzene rings is 2. The van der Waals surface area contributed by atoms with Crippen molar-refractivity contribution in [3.63, 3.8) is 0 Å². The highest BCUT2D eigenvalue weighted by Crippen LogP contribution is 2.29. The molecule has 0 amide bonds. The molecule has 2 aromatic carbocycles. The van der Waals surface area contributed by atoms with E-state index in [1.807, 2.05) is 49.4 Å². The number of hydrazone groups is 1. The van der Waals surface area contributed by atoms with Crippen LogP contribution in [0.4, 0.5) is 0 Å². The van der Waals surface area contributed by atoms with Crippen LogP contribution >= 0.6 is 15.9 Å². The topological polar surface area (TPSA) is 56.8 Å². The van der Waals surface area contributed by atoms with E-state index >= 15 is 0 Å². The van der Waals surface area contributed by atoms with Crippen LogP contribution in [0.1, 0.15) is 18.1 Å². The molecular formula is C16H17BrN2O2. The molecule has 2 N–H and O–H groups in total. The molecule has 0 aliphatic rings. The van der Waals surface area contributed by atoms with Crippen LogP contribution in [0.5, 0.6) is 11.5 Å². The number of rotatable bonds is 6. The Bertz CT molecular complexity index is 629. The molecule has 0 unspecified atom stereocenters. The third-order valence-electron chi connectivity index (χ3n) is 2.77. The second-order valence-electron chi connectivity index (χ2n) is 4.34. The van der Waals surface area contributed by atoms with E-state index in [4.69, 9.17) is 15.3 Å². The van der Waals surface area contributed by atoms with Crippen molar-refractivity contribution in [2.24, 2.45) is 10.9 Å². The molecule has 0 atom stereocenters. The lowest BCUT2D eigenvalue weighted by Crippen LogP contribution is -2.00. The fourth-order valence-corrected chi connectivity index (χ4v) is 2.31. The van der Waals surface area contributed by atoms with Crippen LogP contribution in [0.15, 0.2) is 52.0 Å². The molecule has 2 aromatic rings. The number of halogens is 1. The van der Waals surface area contributed by atoms with Crippen molar-refractivity contribution in [2.45, 2.75) is 13.5 Å². The number of hydrogen-bond acceptors (Lipinski definition) is 4. The Hall–Kier alpha value is -2.01. The smallest absolute Gasteiger partial charge is 0.161 e. The van der Waals surface area contributed by atoms with E-state index in [1.165, 1.54) is 0 Å². The van der Waals surface area contributed by atoms with E-state index < -0.39 is 0 Å². The fraction of sp³-hybridized carbons (Fsp3) is 0.188. The predicted molar refractivity (Wildman–Crippen MR) is 87.9 cm³/mol. The van der Waals surface area contributed by atoms with E-state index in [1.54, 1.807) is 6.21 Å². The molecule has 0 aromatic heterocycles. The first kappa shape index (κ1) is 15.4. The monoisotopic (exact) mass is 348 g/mol. The zero-order valence-electron chi connectivity index (χ0n) is 11.8. The fourth-order valence-electron chi connectivity index (χ4n) is 1.87. The maximum atomic E-state index is 5.84. The van der Waals surface area contributed by atoms with Gasteiger partial charge in [0, 0.05) is 4.47 Å². The van der Waals surface area contributed by atoms with Crippen molar-refractivity contribution in [3.05, 3.63) is 58.1 Å². The summed E-state index contributed by atoms with van der Waals surface area (Å²) in [6, 6.07) is 13.6. The minimum atomic E-state index is 0.476. The van der Waals surface area contributed by atoms with Crippen LogP contribution in [0.25, 0.3) is 0 Å². The Kier molecular flexibility index (Phi) is 5.63. The van der Waals surface area contributed by atoms with Crippen LogP contribution in [-0.2, 0) is 6.61 Å². The van der Waals surface area contributed by atoms with E-state index in [-0.39, 0.29) is 0 Å². The molecule has 0 aliphatic heterocycles. The molecular weight excluding hydrogens is 332 g/mol. The molecule has 0 radical (unpaired) electrons. The maximum absolute atomic E-state index is 5.84. The van der Waals surface area contributed by atoms with Gasteiger partial charge in [-0.05, 0) is 48.4 Å². The third kappa shape index (κ3) is 4.49.